The largest absolute Gasteiger partial charge is 0.452 e. The third kappa shape index (κ3) is 4.90. The average Bonchev–Trinajstić information content (AvgIpc) is 2.73. The molecule has 0 aromatic heterocycles. The van der Waals surface area contributed by atoms with Crippen LogP contribution in [0.25, 0.3) is 0 Å². The zero-order valence-corrected chi connectivity index (χ0v) is 15.8. The number of anilines is 2. The van der Waals surface area contributed by atoms with Crippen LogP contribution in [0.15, 0.2) is 78.9 Å². The number of nitrogens with two attached hydrogens (primary N) is 1. The van der Waals surface area contributed by atoms with Crippen molar-refractivity contribution in [2.45, 2.75) is 6.54 Å². The minimum Gasteiger partial charge on any atom is -0.452 e. The lowest BCUT2D eigenvalue weighted by atomic mass is 10.2. The molecule has 142 valence electrons. The highest BCUT2D eigenvalue weighted by atomic mass is 35.5. The molecular formula is C22H19ClN2O3. The minimum atomic E-state index is -0.635. The monoisotopic (exact) mass is 394 g/mol. The molecule has 0 spiro atoms. The lowest BCUT2D eigenvalue weighted by Gasteiger charge is -2.23. The molecule has 0 atom stereocenters. The van der Waals surface area contributed by atoms with Crippen molar-refractivity contribution in [2.75, 3.05) is 17.2 Å². The number of hydrogen-bond donors (Lipinski definition) is 1. The molecule has 0 aliphatic rings. The van der Waals surface area contributed by atoms with E-state index in [4.69, 9.17) is 22.1 Å². The Morgan fingerprint density at radius 2 is 1.57 bits per heavy atom. The standard InChI is InChI=1S/C22H19ClN2O3/c23-19-12-11-17(13-20(19)24)22(27)28-15-21(26)25(18-9-5-2-6-10-18)14-16-7-3-1-4-8-16/h1-13H,14-15,24H2. The van der Waals surface area contributed by atoms with Crippen LogP contribution >= 0.6 is 11.6 Å². The molecule has 28 heavy (non-hydrogen) atoms. The highest BCUT2D eigenvalue weighted by molar-refractivity contribution is 6.33. The number of hydrogen-bond acceptors (Lipinski definition) is 4. The summed E-state index contributed by atoms with van der Waals surface area (Å²) in [6, 6.07) is 23.3. The van der Waals surface area contributed by atoms with Crippen molar-refractivity contribution in [3.05, 3.63) is 95.0 Å². The SMILES string of the molecule is Nc1cc(C(=O)OCC(=O)N(Cc2ccccc2)c2ccccc2)ccc1Cl. The first-order chi connectivity index (χ1) is 13.5. The number of ether oxygens (including phenoxy) is 1. The van der Waals surface area contributed by atoms with Crippen molar-refractivity contribution in [1.82, 2.24) is 0 Å². The summed E-state index contributed by atoms with van der Waals surface area (Å²) < 4.78 is 5.20. The molecule has 0 aliphatic carbocycles. The van der Waals surface area contributed by atoms with E-state index in [1.807, 2.05) is 60.7 Å². The van der Waals surface area contributed by atoms with Crippen LogP contribution in [0.1, 0.15) is 15.9 Å². The average molecular weight is 395 g/mol. The van der Waals surface area contributed by atoms with Gasteiger partial charge in [0.05, 0.1) is 22.8 Å². The Kier molecular flexibility index (Phi) is 6.29. The van der Waals surface area contributed by atoms with Gasteiger partial charge in [-0.3, -0.25) is 4.79 Å². The fourth-order valence-electron chi connectivity index (χ4n) is 2.66. The van der Waals surface area contributed by atoms with Crippen molar-refractivity contribution in [3.63, 3.8) is 0 Å². The number of rotatable bonds is 6. The summed E-state index contributed by atoms with van der Waals surface area (Å²) in [6.07, 6.45) is 0. The predicted octanol–water partition coefficient (Wildman–Crippen LogP) is 4.31. The molecule has 2 N–H and O–H groups in total. The number of nitrogen functional groups attached to an aromatic ring is 1. The molecule has 0 bridgehead atoms. The number of benzene rings is 3. The number of carbonyl (C=O) groups is 2. The van der Waals surface area contributed by atoms with E-state index < -0.39 is 5.97 Å². The molecule has 0 heterocycles. The van der Waals surface area contributed by atoms with E-state index in [0.717, 1.165) is 11.3 Å². The number of nitrogens with zero attached hydrogens (tertiary/aromatic N) is 1. The number of halogens is 1. The van der Waals surface area contributed by atoms with Gasteiger partial charge < -0.3 is 15.4 Å². The maximum absolute atomic E-state index is 12.8. The van der Waals surface area contributed by atoms with E-state index in [2.05, 4.69) is 0 Å². The first-order valence-electron chi connectivity index (χ1n) is 8.66. The summed E-state index contributed by atoms with van der Waals surface area (Å²) in [5.74, 6) is -0.963. The van der Waals surface area contributed by atoms with E-state index in [9.17, 15) is 9.59 Å². The van der Waals surface area contributed by atoms with Crippen LogP contribution < -0.4 is 10.6 Å². The van der Waals surface area contributed by atoms with Gasteiger partial charge >= 0.3 is 5.97 Å². The lowest BCUT2D eigenvalue weighted by Crippen LogP contribution is -2.34. The predicted molar refractivity (Wildman–Crippen MR) is 110 cm³/mol. The zero-order valence-electron chi connectivity index (χ0n) is 15.0. The van der Waals surface area contributed by atoms with Gasteiger partial charge in [-0.15, -0.1) is 0 Å². The van der Waals surface area contributed by atoms with Crippen molar-refractivity contribution >= 4 is 34.9 Å². The van der Waals surface area contributed by atoms with E-state index >= 15 is 0 Å². The number of esters is 1. The van der Waals surface area contributed by atoms with E-state index in [1.54, 1.807) is 4.90 Å². The van der Waals surface area contributed by atoms with Gasteiger partial charge in [-0.2, -0.15) is 0 Å². The molecule has 0 saturated carbocycles. The lowest BCUT2D eigenvalue weighted by molar-refractivity contribution is -0.121. The molecule has 3 rings (SSSR count). The van der Waals surface area contributed by atoms with Gasteiger partial charge in [0.15, 0.2) is 6.61 Å². The summed E-state index contributed by atoms with van der Waals surface area (Å²) in [7, 11) is 0. The van der Waals surface area contributed by atoms with E-state index in [-0.39, 0.29) is 23.8 Å². The maximum Gasteiger partial charge on any atom is 0.338 e. The molecule has 0 saturated heterocycles. The van der Waals surface area contributed by atoms with Gasteiger partial charge in [0, 0.05) is 5.69 Å². The van der Waals surface area contributed by atoms with E-state index in [1.165, 1.54) is 18.2 Å². The van der Waals surface area contributed by atoms with Crippen molar-refractivity contribution in [1.29, 1.82) is 0 Å². The molecule has 0 fully saturated rings. The van der Waals surface area contributed by atoms with Crippen LogP contribution in [0.3, 0.4) is 0 Å². The molecule has 0 radical (unpaired) electrons. The smallest absolute Gasteiger partial charge is 0.338 e. The van der Waals surface area contributed by atoms with Crippen LogP contribution in [-0.4, -0.2) is 18.5 Å². The first-order valence-corrected chi connectivity index (χ1v) is 9.04. The van der Waals surface area contributed by atoms with Gasteiger partial charge in [-0.05, 0) is 35.9 Å². The normalized spacial score (nSPS) is 10.3. The molecular weight excluding hydrogens is 376 g/mol. The quantitative estimate of drug-likeness (QED) is 0.499. The Labute approximate surface area is 168 Å². The molecule has 5 nitrogen and oxygen atoms in total. The zero-order chi connectivity index (χ0) is 19.9. The summed E-state index contributed by atoms with van der Waals surface area (Å²) in [4.78, 5) is 26.6. The van der Waals surface area contributed by atoms with Gasteiger partial charge in [0.2, 0.25) is 0 Å². The Balaban J connectivity index is 1.72. The number of amides is 1. The topological polar surface area (TPSA) is 72.6 Å². The maximum atomic E-state index is 12.8. The molecule has 1 amide bonds. The second kappa shape index (κ2) is 9.06. The van der Waals surface area contributed by atoms with Gasteiger partial charge in [0.1, 0.15) is 0 Å². The Morgan fingerprint density at radius 3 is 2.21 bits per heavy atom. The summed E-state index contributed by atoms with van der Waals surface area (Å²) in [5, 5.41) is 0.353. The second-order valence-electron chi connectivity index (χ2n) is 6.11. The number of para-hydroxylation sites is 1. The fraction of sp³-hybridized carbons (Fsp3) is 0.0909. The highest BCUT2D eigenvalue weighted by Gasteiger charge is 2.19. The molecule has 3 aromatic carbocycles. The summed E-state index contributed by atoms with van der Waals surface area (Å²) >= 11 is 5.86. The van der Waals surface area contributed by atoms with Gasteiger partial charge in [0.25, 0.3) is 5.91 Å². The van der Waals surface area contributed by atoms with Gasteiger partial charge in [-0.1, -0.05) is 60.1 Å². The van der Waals surface area contributed by atoms with Crippen LogP contribution in [-0.2, 0) is 16.1 Å². The van der Waals surface area contributed by atoms with Crippen molar-refractivity contribution < 1.29 is 14.3 Å². The molecule has 0 aliphatic heterocycles. The van der Waals surface area contributed by atoms with Crippen LogP contribution in [0, 0.1) is 0 Å². The Morgan fingerprint density at radius 1 is 0.929 bits per heavy atom. The van der Waals surface area contributed by atoms with Crippen molar-refractivity contribution in [3.8, 4) is 0 Å². The highest BCUT2D eigenvalue weighted by Crippen LogP contribution is 2.20. The molecule has 6 heteroatoms. The van der Waals surface area contributed by atoms with Crippen LogP contribution in [0.5, 0.6) is 0 Å². The minimum absolute atomic E-state index is 0.240. The Hall–Kier alpha value is -3.31. The summed E-state index contributed by atoms with van der Waals surface area (Å²) in [5.41, 5.74) is 7.92. The third-order valence-electron chi connectivity index (χ3n) is 4.11. The molecule has 0 unspecified atom stereocenters. The van der Waals surface area contributed by atoms with Gasteiger partial charge in [-0.25, -0.2) is 4.79 Å². The fourth-order valence-corrected chi connectivity index (χ4v) is 2.77. The second-order valence-corrected chi connectivity index (χ2v) is 6.52. The summed E-state index contributed by atoms with van der Waals surface area (Å²) in [6.45, 7) is -0.0157. The van der Waals surface area contributed by atoms with Crippen LogP contribution in [0.4, 0.5) is 11.4 Å². The third-order valence-corrected chi connectivity index (χ3v) is 4.46. The first kappa shape index (κ1) is 19.5. The van der Waals surface area contributed by atoms with E-state index in [0.29, 0.717) is 11.6 Å². The van der Waals surface area contributed by atoms with Crippen molar-refractivity contribution in [2.24, 2.45) is 0 Å². The Bertz CT molecular complexity index is 962. The molecule has 3 aromatic rings. The van der Waals surface area contributed by atoms with Crippen LogP contribution in [0.2, 0.25) is 5.02 Å². The number of carbonyl (C=O) groups excluding carboxylic acids is 2.